The van der Waals surface area contributed by atoms with E-state index in [0.717, 1.165) is 38.2 Å². The number of carbonyl (C=O) groups is 1. The maximum Gasteiger partial charge on any atom is 0.221 e. The van der Waals surface area contributed by atoms with E-state index in [1.54, 1.807) is 19.1 Å². The molecule has 0 radical (unpaired) electrons. The highest BCUT2D eigenvalue weighted by molar-refractivity contribution is 7.91. The van der Waals surface area contributed by atoms with Crippen LogP contribution in [0, 0.1) is 0 Å². The first-order chi connectivity index (χ1) is 13.0. The molecule has 1 aromatic rings. The number of sulfone groups is 1. The molecule has 2 aliphatic heterocycles. The predicted molar refractivity (Wildman–Crippen MR) is 119 cm³/mol. The second kappa shape index (κ2) is 12.0. The Morgan fingerprint density at radius 2 is 1.86 bits per heavy atom. The van der Waals surface area contributed by atoms with E-state index in [9.17, 15) is 13.2 Å². The number of hydrogen-bond acceptors (Lipinski definition) is 6. The summed E-state index contributed by atoms with van der Waals surface area (Å²) in [5.41, 5.74) is 1.03. The van der Waals surface area contributed by atoms with E-state index in [-0.39, 0.29) is 48.6 Å². The van der Waals surface area contributed by atoms with E-state index in [0.29, 0.717) is 24.5 Å². The molecule has 166 valence electrons. The highest BCUT2D eigenvalue weighted by Crippen LogP contribution is 2.22. The third-order valence-corrected chi connectivity index (χ3v) is 6.98. The lowest BCUT2D eigenvalue weighted by molar-refractivity contribution is -0.123. The summed E-state index contributed by atoms with van der Waals surface area (Å²) < 4.78 is 29.2. The summed E-state index contributed by atoms with van der Waals surface area (Å²) in [6.45, 7) is 5.44. The lowest BCUT2D eigenvalue weighted by Crippen LogP contribution is -2.48. The van der Waals surface area contributed by atoms with E-state index in [1.165, 1.54) is 0 Å². The molecule has 2 N–H and O–H groups in total. The number of rotatable bonds is 6. The predicted octanol–water partition coefficient (Wildman–Crippen LogP) is 1.79. The highest BCUT2D eigenvalue weighted by Gasteiger charge is 2.23. The van der Waals surface area contributed by atoms with Gasteiger partial charge in [0.2, 0.25) is 5.91 Å². The zero-order chi connectivity index (χ0) is 19.3. The quantitative estimate of drug-likeness (QED) is 0.662. The highest BCUT2D eigenvalue weighted by atomic mass is 35.5. The van der Waals surface area contributed by atoms with Crippen molar-refractivity contribution in [3.63, 3.8) is 0 Å². The Bertz CT molecular complexity index is 732. The minimum atomic E-state index is -3.16. The van der Waals surface area contributed by atoms with Crippen LogP contribution in [0.25, 0.3) is 0 Å². The summed E-state index contributed by atoms with van der Waals surface area (Å²) in [7, 11) is -3.16. The molecule has 7 nitrogen and oxygen atoms in total. The van der Waals surface area contributed by atoms with E-state index in [2.05, 4.69) is 15.5 Å². The molecule has 1 unspecified atom stereocenters. The van der Waals surface area contributed by atoms with Gasteiger partial charge >= 0.3 is 0 Å². The van der Waals surface area contributed by atoms with Gasteiger partial charge in [0.1, 0.15) is 0 Å². The number of nitrogens with one attached hydrogen (secondary N) is 2. The summed E-state index contributed by atoms with van der Waals surface area (Å²) >= 11 is 0. The molecular weight excluding hydrogens is 437 g/mol. The molecule has 0 spiro atoms. The Hall–Kier alpha value is -1.06. The molecule has 2 aliphatic rings. The van der Waals surface area contributed by atoms with Gasteiger partial charge in [-0.15, -0.1) is 24.8 Å². The van der Waals surface area contributed by atoms with Crippen LogP contribution in [0.15, 0.2) is 29.2 Å². The fourth-order valence-corrected chi connectivity index (χ4v) is 4.46. The van der Waals surface area contributed by atoms with E-state index >= 15 is 0 Å². The first-order valence-electron chi connectivity index (χ1n) is 9.66. The van der Waals surface area contributed by atoms with E-state index in [4.69, 9.17) is 4.74 Å². The van der Waals surface area contributed by atoms with Crippen LogP contribution in [0.4, 0.5) is 5.69 Å². The topological polar surface area (TPSA) is 87.7 Å². The van der Waals surface area contributed by atoms with Gasteiger partial charge in [0.05, 0.1) is 23.9 Å². The van der Waals surface area contributed by atoms with Gasteiger partial charge in [0, 0.05) is 43.8 Å². The Balaban J connectivity index is 0.00000210. The average molecular weight is 468 g/mol. The Morgan fingerprint density at radius 1 is 1.21 bits per heavy atom. The first kappa shape index (κ1) is 26.0. The molecule has 1 aromatic carbocycles. The normalized spacial score (nSPS) is 20.3. The summed E-state index contributed by atoms with van der Waals surface area (Å²) in [6, 6.07) is 7.41. The molecule has 10 heteroatoms. The van der Waals surface area contributed by atoms with Gasteiger partial charge in [-0.25, -0.2) is 8.42 Å². The van der Waals surface area contributed by atoms with Crippen molar-refractivity contribution in [2.45, 2.75) is 43.2 Å². The fourth-order valence-electron chi connectivity index (χ4n) is 3.57. The monoisotopic (exact) mass is 467 g/mol. The molecule has 3 rings (SSSR count). The van der Waals surface area contributed by atoms with Crippen LogP contribution in [0.5, 0.6) is 0 Å². The number of ether oxygens (including phenoxy) is 1. The number of anilines is 1. The Labute approximate surface area is 185 Å². The molecular formula is C19H31Cl2N3O4S. The van der Waals surface area contributed by atoms with Gasteiger partial charge < -0.3 is 20.3 Å². The van der Waals surface area contributed by atoms with Crippen molar-refractivity contribution in [2.75, 3.05) is 43.5 Å². The van der Waals surface area contributed by atoms with Gasteiger partial charge in [-0.1, -0.05) is 6.92 Å². The molecule has 0 saturated carbocycles. The molecule has 0 bridgehead atoms. The number of piperidine rings is 1. The Morgan fingerprint density at radius 3 is 2.41 bits per heavy atom. The minimum absolute atomic E-state index is 0. The lowest BCUT2D eigenvalue weighted by atomic mass is 10.0. The van der Waals surface area contributed by atoms with Crippen LogP contribution in [0.2, 0.25) is 0 Å². The largest absolute Gasteiger partial charge is 0.378 e. The second-order valence-corrected chi connectivity index (χ2v) is 9.43. The van der Waals surface area contributed by atoms with Gasteiger partial charge in [-0.2, -0.15) is 0 Å². The maximum atomic E-state index is 12.2. The van der Waals surface area contributed by atoms with Crippen molar-refractivity contribution in [1.29, 1.82) is 0 Å². The number of amides is 1. The molecule has 2 heterocycles. The number of nitrogens with zero attached hydrogens (tertiary/aromatic N) is 1. The second-order valence-electron chi connectivity index (χ2n) is 7.16. The van der Waals surface area contributed by atoms with Crippen LogP contribution in [0.1, 0.15) is 26.2 Å². The summed E-state index contributed by atoms with van der Waals surface area (Å²) in [5, 5.41) is 6.43. The maximum absolute atomic E-state index is 12.2. The number of morpholine rings is 1. The van der Waals surface area contributed by atoms with Crippen LogP contribution < -0.4 is 15.5 Å². The zero-order valence-electron chi connectivity index (χ0n) is 16.6. The van der Waals surface area contributed by atoms with E-state index < -0.39 is 9.84 Å². The lowest BCUT2D eigenvalue weighted by Gasteiger charge is -2.34. The summed E-state index contributed by atoms with van der Waals surface area (Å²) in [5.74, 6) is 0.186. The van der Waals surface area contributed by atoms with Crippen molar-refractivity contribution < 1.29 is 17.9 Å². The molecule has 1 atom stereocenters. The average Bonchev–Trinajstić information content (AvgIpc) is 2.69. The van der Waals surface area contributed by atoms with Crippen molar-refractivity contribution in [3.05, 3.63) is 24.3 Å². The molecule has 2 fully saturated rings. The van der Waals surface area contributed by atoms with Crippen molar-refractivity contribution in [3.8, 4) is 0 Å². The third-order valence-electron chi connectivity index (χ3n) is 5.23. The zero-order valence-corrected chi connectivity index (χ0v) is 19.1. The number of carbonyl (C=O) groups excluding carboxylic acids is 1. The van der Waals surface area contributed by atoms with Crippen LogP contribution in [-0.2, 0) is 19.4 Å². The van der Waals surface area contributed by atoms with Crippen LogP contribution >= 0.6 is 24.8 Å². The molecule has 0 aromatic heterocycles. The van der Waals surface area contributed by atoms with Gasteiger partial charge in [-0.3, -0.25) is 4.79 Å². The number of hydrogen-bond donors (Lipinski definition) is 2. The van der Waals surface area contributed by atoms with Crippen LogP contribution in [0.3, 0.4) is 0 Å². The van der Waals surface area contributed by atoms with Crippen molar-refractivity contribution in [1.82, 2.24) is 10.6 Å². The summed E-state index contributed by atoms with van der Waals surface area (Å²) in [6.07, 6.45) is 2.22. The SMILES string of the molecule is CCS(=O)(=O)c1ccc(N2CCC(NC(=O)CC3COCCN3)CC2)cc1.Cl.Cl. The summed E-state index contributed by atoms with van der Waals surface area (Å²) in [4.78, 5) is 14.8. The third kappa shape index (κ3) is 7.29. The standard InChI is InChI=1S/C19H29N3O4S.2ClH/c1-2-27(24,25)18-5-3-17(4-6-18)22-10-7-15(8-11-22)21-19(23)13-16-14-26-12-9-20-16;;/h3-6,15-16,20H,2,7-14H2,1H3,(H,21,23);2*1H. The smallest absolute Gasteiger partial charge is 0.221 e. The fraction of sp³-hybridized carbons (Fsp3) is 0.632. The molecule has 0 aliphatic carbocycles. The van der Waals surface area contributed by atoms with Crippen molar-refractivity contribution >= 4 is 46.2 Å². The van der Waals surface area contributed by atoms with Crippen molar-refractivity contribution in [2.24, 2.45) is 0 Å². The van der Waals surface area contributed by atoms with Crippen LogP contribution in [-0.4, -0.2) is 65.0 Å². The molecule has 29 heavy (non-hydrogen) atoms. The minimum Gasteiger partial charge on any atom is -0.378 e. The van der Waals surface area contributed by atoms with E-state index in [1.807, 2.05) is 12.1 Å². The Kier molecular flexibility index (Phi) is 10.7. The van der Waals surface area contributed by atoms with Gasteiger partial charge in [0.15, 0.2) is 9.84 Å². The molecule has 2 saturated heterocycles. The number of halogens is 2. The van der Waals surface area contributed by atoms with Gasteiger partial charge in [-0.05, 0) is 37.1 Å². The first-order valence-corrected chi connectivity index (χ1v) is 11.3. The van der Waals surface area contributed by atoms with Gasteiger partial charge in [0.25, 0.3) is 0 Å². The number of benzene rings is 1. The molecule has 1 amide bonds.